The first-order chi connectivity index (χ1) is 11.6. The van der Waals surface area contributed by atoms with Crippen LogP contribution in [-0.2, 0) is 17.8 Å². The van der Waals surface area contributed by atoms with Crippen LogP contribution in [0, 0.1) is 13.8 Å². The van der Waals surface area contributed by atoms with Gasteiger partial charge in [0.2, 0.25) is 5.91 Å². The summed E-state index contributed by atoms with van der Waals surface area (Å²) in [6.07, 6.45) is 5.89. The number of rotatable bonds is 5. The van der Waals surface area contributed by atoms with Crippen molar-refractivity contribution in [2.75, 3.05) is 18.0 Å². The van der Waals surface area contributed by atoms with E-state index in [0.717, 1.165) is 41.4 Å². The lowest BCUT2D eigenvalue weighted by Gasteiger charge is -2.29. The highest BCUT2D eigenvalue weighted by molar-refractivity contribution is 5.79. The van der Waals surface area contributed by atoms with Gasteiger partial charge >= 0.3 is 0 Å². The Morgan fingerprint density at radius 3 is 2.79 bits per heavy atom. The van der Waals surface area contributed by atoms with Crippen LogP contribution in [0.25, 0.3) is 0 Å². The molecule has 2 aromatic rings. The number of aryl methyl sites for hydroxylation is 2. The van der Waals surface area contributed by atoms with Crippen LogP contribution in [0.5, 0.6) is 0 Å². The van der Waals surface area contributed by atoms with Gasteiger partial charge in [-0.25, -0.2) is 4.98 Å². The van der Waals surface area contributed by atoms with Crippen LogP contribution in [-0.4, -0.2) is 34.2 Å². The Hall–Kier alpha value is -2.37. The van der Waals surface area contributed by atoms with Gasteiger partial charge in [0.05, 0.1) is 12.1 Å². The first-order valence-electron chi connectivity index (χ1n) is 8.61. The summed E-state index contributed by atoms with van der Waals surface area (Å²) in [5, 5.41) is 10.1. The van der Waals surface area contributed by atoms with E-state index in [1.165, 1.54) is 19.3 Å². The molecule has 128 valence electrons. The predicted molar refractivity (Wildman–Crippen MR) is 93.9 cm³/mol. The van der Waals surface area contributed by atoms with Crippen LogP contribution in [0.1, 0.15) is 41.8 Å². The van der Waals surface area contributed by atoms with Crippen molar-refractivity contribution < 1.29 is 4.79 Å². The van der Waals surface area contributed by atoms with Crippen molar-refractivity contribution in [3.8, 4) is 0 Å². The summed E-state index contributed by atoms with van der Waals surface area (Å²) in [4.78, 5) is 19.2. The van der Waals surface area contributed by atoms with Crippen molar-refractivity contribution in [2.24, 2.45) is 0 Å². The summed E-state index contributed by atoms with van der Waals surface area (Å²) in [7, 11) is 0. The normalized spacial score (nSPS) is 14.7. The molecule has 1 fully saturated rings. The Balaban J connectivity index is 1.63. The molecule has 0 aliphatic carbocycles. The standard InChI is InChI=1S/C18H25N5O/c1-13-16(14(2)22-21-13)11-17(24)20-12-15-7-6-8-19-18(15)23-9-4-3-5-10-23/h6-8H,3-5,9-12H2,1-2H3,(H,20,24)(H,21,22). The summed E-state index contributed by atoms with van der Waals surface area (Å²) in [6.45, 7) is 6.46. The van der Waals surface area contributed by atoms with Crippen LogP contribution in [0.15, 0.2) is 18.3 Å². The van der Waals surface area contributed by atoms with Gasteiger partial charge in [0.15, 0.2) is 0 Å². The first kappa shape index (κ1) is 16.5. The second kappa shape index (κ2) is 7.47. The zero-order valence-electron chi connectivity index (χ0n) is 14.4. The number of anilines is 1. The van der Waals surface area contributed by atoms with Gasteiger partial charge < -0.3 is 10.2 Å². The SMILES string of the molecule is Cc1n[nH]c(C)c1CC(=O)NCc1cccnc1N1CCCCC1. The molecule has 1 saturated heterocycles. The highest BCUT2D eigenvalue weighted by Crippen LogP contribution is 2.21. The van der Waals surface area contributed by atoms with Crippen molar-refractivity contribution in [1.29, 1.82) is 0 Å². The van der Waals surface area contributed by atoms with E-state index in [-0.39, 0.29) is 5.91 Å². The average molecular weight is 327 g/mol. The van der Waals surface area contributed by atoms with Crippen LogP contribution in [0.4, 0.5) is 5.82 Å². The summed E-state index contributed by atoms with van der Waals surface area (Å²) in [6, 6.07) is 3.98. The quantitative estimate of drug-likeness (QED) is 0.883. The molecule has 0 spiro atoms. The molecule has 1 aliphatic rings. The highest BCUT2D eigenvalue weighted by atomic mass is 16.1. The molecule has 24 heavy (non-hydrogen) atoms. The van der Waals surface area contributed by atoms with Crippen molar-refractivity contribution in [1.82, 2.24) is 20.5 Å². The average Bonchev–Trinajstić information content (AvgIpc) is 2.93. The topological polar surface area (TPSA) is 73.9 Å². The summed E-state index contributed by atoms with van der Waals surface area (Å²) >= 11 is 0. The largest absolute Gasteiger partial charge is 0.356 e. The van der Waals surface area contributed by atoms with Crippen molar-refractivity contribution in [3.63, 3.8) is 0 Å². The van der Waals surface area contributed by atoms with Gasteiger partial charge in [-0.2, -0.15) is 5.10 Å². The van der Waals surface area contributed by atoms with E-state index in [1.807, 2.05) is 32.2 Å². The lowest BCUT2D eigenvalue weighted by atomic mass is 10.1. The molecule has 0 aromatic carbocycles. The minimum Gasteiger partial charge on any atom is -0.356 e. The van der Waals surface area contributed by atoms with Gasteiger partial charge in [-0.15, -0.1) is 0 Å². The molecule has 3 heterocycles. The number of H-pyrrole nitrogens is 1. The summed E-state index contributed by atoms with van der Waals surface area (Å²) in [5.41, 5.74) is 3.90. The predicted octanol–water partition coefficient (Wildman–Crippen LogP) is 2.27. The zero-order chi connectivity index (χ0) is 16.9. The third-order valence-electron chi connectivity index (χ3n) is 4.62. The third kappa shape index (κ3) is 3.75. The molecule has 0 saturated carbocycles. The van der Waals surface area contributed by atoms with Crippen LogP contribution >= 0.6 is 0 Å². The fourth-order valence-electron chi connectivity index (χ4n) is 3.21. The number of hydrogen-bond acceptors (Lipinski definition) is 4. The molecule has 6 nitrogen and oxygen atoms in total. The van der Waals surface area contributed by atoms with Gasteiger partial charge in [0.1, 0.15) is 5.82 Å². The van der Waals surface area contributed by atoms with Gasteiger partial charge in [0.25, 0.3) is 0 Å². The molecule has 3 rings (SSSR count). The Kier molecular flexibility index (Phi) is 5.13. The monoisotopic (exact) mass is 327 g/mol. The molecule has 1 aliphatic heterocycles. The fraction of sp³-hybridized carbons (Fsp3) is 0.500. The number of amides is 1. The number of carbonyl (C=O) groups is 1. The van der Waals surface area contributed by atoms with E-state index >= 15 is 0 Å². The third-order valence-corrected chi connectivity index (χ3v) is 4.62. The number of nitrogens with zero attached hydrogens (tertiary/aromatic N) is 3. The zero-order valence-corrected chi connectivity index (χ0v) is 14.4. The maximum absolute atomic E-state index is 12.3. The molecule has 0 bridgehead atoms. The molecular weight excluding hydrogens is 302 g/mol. The van der Waals surface area contributed by atoms with E-state index in [9.17, 15) is 4.79 Å². The minimum atomic E-state index is 0.0102. The van der Waals surface area contributed by atoms with Crippen LogP contribution in [0.2, 0.25) is 0 Å². The van der Waals surface area contributed by atoms with E-state index < -0.39 is 0 Å². The van der Waals surface area contributed by atoms with E-state index in [4.69, 9.17) is 0 Å². The van der Waals surface area contributed by atoms with Crippen molar-refractivity contribution in [2.45, 2.75) is 46.1 Å². The number of hydrogen-bond donors (Lipinski definition) is 2. The molecule has 1 amide bonds. The summed E-state index contributed by atoms with van der Waals surface area (Å²) in [5.74, 6) is 1.02. The molecule has 2 N–H and O–H groups in total. The second-order valence-electron chi connectivity index (χ2n) is 6.40. The maximum atomic E-state index is 12.3. The summed E-state index contributed by atoms with van der Waals surface area (Å²) < 4.78 is 0. The fourth-order valence-corrected chi connectivity index (χ4v) is 3.21. The molecule has 2 aromatic heterocycles. The van der Waals surface area contributed by atoms with E-state index in [2.05, 4.69) is 25.4 Å². The number of aromatic amines is 1. The van der Waals surface area contributed by atoms with Crippen molar-refractivity contribution in [3.05, 3.63) is 40.8 Å². The first-order valence-corrected chi connectivity index (χ1v) is 8.61. The van der Waals surface area contributed by atoms with E-state index in [0.29, 0.717) is 13.0 Å². The lowest BCUT2D eigenvalue weighted by molar-refractivity contribution is -0.120. The number of piperidine rings is 1. The molecule has 6 heteroatoms. The lowest BCUT2D eigenvalue weighted by Crippen LogP contribution is -2.32. The Morgan fingerprint density at radius 1 is 1.29 bits per heavy atom. The van der Waals surface area contributed by atoms with Crippen molar-refractivity contribution >= 4 is 11.7 Å². The molecule has 0 atom stereocenters. The Bertz CT molecular complexity index is 684. The number of carbonyl (C=O) groups excluding carboxylic acids is 1. The smallest absolute Gasteiger partial charge is 0.224 e. The van der Waals surface area contributed by atoms with Gasteiger partial charge in [-0.05, 0) is 39.2 Å². The second-order valence-corrected chi connectivity index (χ2v) is 6.40. The molecule has 0 unspecified atom stereocenters. The Morgan fingerprint density at radius 2 is 2.08 bits per heavy atom. The van der Waals surface area contributed by atoms with Gasteiger partial charge in [-0.1, -0.05) is 6.07 Å². The van der Waals surface area contributed by atoms with Gasteiger partial charge in [-0.3, -0.25) is 9.89 Å². The van der Waals surface area contributed by atoms with Gasteiger partial charge in [0, 0.05) is 42.7 Å². The van der Waals surface area contributed by atoms with E-state index in [1.54, 1.807) is 0 Å². The maximum Gasteiger partial charge on any atom is 0.224 e. The Labute approximate surface area is 142 Å². The number of pyridine rings is 1. The highest BCUT2D eigenvalue weighted by Gasteiger charge is 2.16. The van der Waals surface area contributed by atoms with Crippen LogP contribution < -0.4 is 10.2 Å². The minimum absolute atomic E-state index is 0.0102. The molecule has 0 radical (unpaired) electrons. The number of aromatic nitrogens is 3. The molecular formula is C18H25N5O. The van der Waals surface area contributed by atoms with Crippen LogP contribution in [0.3, 0.4) is 0 Å². The number of nitrogens with one attached hydrogen (secondary N) is 2.